The van der Waals surface area contributed by atoms with E-state index in [0.29, 0.717) is 37.9 Å². The number of fused-ring (bicyclic) bond motifs is 1. The predicted molar refractivity (Wildman–Crippen MR) is 125 cm³/mol. The number of halogens is 1. The summed E-state index contributed by atoms with van der Waals surface area (Å²) >= 11 is 6.46. The third kappa shape index (κ3) is 5.00. The molecule has 0 aliphatic carbocycles. The van der Waals surface area contributed by atoms with Crippen molar-refractivity contribution in [2.45, 2.75) is 30.7 Å². The molecule has 1 fully saturated rings. The summed E-state index contributed by atoms with van der Waals surface area (Å²) in [5.41, 5.74) is 2.57. The molecule has 7 nitrogen and oxygen atoms in total. The monoisotopic (exact) mass is 477 g/mol. The van der Waals surface area contributed by atoms with Gasteiger partial charge in [0.15, 0.2) is 0 Å². The minimum Gasteiger partial charge on any atom is -0.379 e. The van der Waals surface area contributed by atoms with Crippen LogP contribution in [0.3, 0.4) is 0 Å². The number of morpholine rings is 1. The molecule has 172 valence electrons. The van der Waals surface area contributed by atoms with Gasteiger partial charge in [0, 0.05) is 49.9 Å². The van der Waals surface area contributed by atoms with Crippen molar-refractivity contribution in [2.75, 3.05) is 44.3 Å². The van der Waals surface area contributed by atoms with E-state index in [1.165, 1.54) is 6.92 Å². The summed E-state index contributed by atoms with van der Waals surface area (Å²) in [5.74, 6) is -0.0345. The maximum absolute atomic E-state index is 13.2. The second-order valence-electron chi connectivity index (χ2n) is 8.10. The van der Waals surface area contributed by atoms with Gasteiger partial charge in [-0.1, -0.05) is 29.8 Å². The molecule has 2 aliphatic rings. The molecule has 1 unspecified atom stereocenters. The summed E-state index contributed by atoms with van der Waals surface area (Å²) in [6.45, 7) is 5.00. The molecule has 1 amide bonds. The molecule has 0 bridgehead atoms. The Morgan fingerprint density at radius 2 is 1.91 bits per heavy atom. The van der Waals surface area contributed by atoms with Crippen LogP contribution < -0.4 is 9.62 Å². The average Bonchev–Trinajstić information content (AvgIpc) is 2.80. The smallest absolute Gasteiger partial charge is 0.240 e. The fraction of sp³-hybridized carbons (Fsp3) is 0.435. The number of nitrogens with one attached hydrogen (secondary N) is 1. The lowest BCUT2D eigenvalue weighted by molar-refractivity contribution is -0.116. The number of sulfonamides is 1. The Bertz CT molecular complexity index is 1090. The van der Waals surface area contributed by atoms with Crippen molar-refractivity contribution in [1.82, 2.24) is 9.62 Å². The van der Waals surface area contributed by atoms with E-state index in [9.17, 15) is 13.2 Å². The lowest BCUT2D eigenvalue weighted by Gasteiger charge is -2.35. The molecule has 4 rings (SSSR count). The van der Waals surface area contributed by atoms with E-state index in [4.69, 9.17) is 16.3 Å². The van der Waals surface area contributed by atoms with Crippen molar-refractivity contribution in [3.8, 4) is 0 Å². The number of hydrogen-bond acceptors (Lipinski definition) is 5. The van der Waals surface area contributed by atoms with Crippen LogP contribution in [0, 0.1) is 0 Å². The summed E-state index contributed by atoms with van der Waals surface area (Å²) in [4.78, 5) is 16.0. The zero-order valence-electron chi connectivity index (χ0n) is 18.1. The van der Waals surface area contributed by atoms with Crippen molar-refractivity contribution >= 4 is 33.2 Å². The van der Waals surface area contributed by atoms with E-state index in [1.54, 1.807) is 23.1 Å². The molecule has 2 aromatic rings. The van der Waals surface area contributed by atoms with Crippen molar-refractivity contribution in [3.05, 3.63) is 58.6 Å². The van der Waals surface area contributed by atoms with Gasteiger partial charge >= 0.3 is 0 Å². The molecule has 32 heavy (non-hydrogen) atoms. The van der Waals surface area contributed by atoms with Gasteiger partial charge < -0.3 is 9.64 Å². The minimum absolute atomic E-state index is 0.0345. The lowest BCUT2D eigenvalue weighted by Crippen LogP contribution is -2.44. The standard InChI is InChI=1S/C23H28ClN3O4S/c1-17(28)27-10-4-5-18-15-19(8-9-22(18)27)32(29,30)25-16-23(26-11-13-31-14-12-26)20-6-2-3-7-21(20)24/h2-3,6-9,15,23,25H,4-5,10-14,16H2,1H3. The quantitative estimate of drug-likeness (QED) is 0.692. The van der Waals surface area contributed by atoms with Crippen LogP contribution >= 0.6 is 11.6 Å². The fourth-order valence-corrected chi connectivity index (χ4v) is 5.76. The first-order valence-electron chi connectivity index (χ1n) is 10.8. The molecule has 1 atom stereocenters. The Hall–Kier alpha value is -1.97. The van der Waals surface area contributed by atoms with Crippen molar-refractivity contribution < 1.29 is 17.9 Å². The maximum atomic E-state index is 13.2. The zero-order chi connectivity index (χ0) is 22.7. The zero-order valence-corrected chi connectivity index (χ0v) is 19.7. The van der Waals surface area contributed by atoms with Crippen LogP contribution in [0.15, 0.2) is 47.4 Å². The van der Waals surface area contributed by atoms with Crippen LogP contribution in [0.25, 0.3) is 0 Å². The highest BCUT2D eigenvalue weighted by atomic mass is 35.5. The first-order valence-corrected chi connectivity index (χ1v) is 12.7. The van der Waals surface area contributed by atoms with Gasteiger partial charge in [-0.05, 0) is 48.2 Å². The number of carbonyl (C=O) groups is 1. The number of ether oxygens (including phenoxy) is 1. The first-order chi connectivity index (χ1) is 15.4. The van der Waals surface area contributed by atoms with E-state index < -0.39 is 10.0 Å². The van der Waals surface area contributed by atoms with E-state index in [-0.39, 0.29) is 23.4 Å². The summed E-state index contributed by atoms with van der Waals surface area (Å²) in [6, 6.07) is 12.3. The highest BCUT2D eigenvalue weighted by molar-refractivity contribution is 7.89. The maximum Gasteiger partial charge on any atom is 0.240 e. The summed E-state index contributed by atoms with van der Waals surface area (Å²) in [6.07, 6.45) is 1.56. The number of hydrogen-bond donors (Lipinski definition) is 1. The highest BCUT2D eigenvalue weighted by Gasteiger charge is 2.27. The van der Waals surface area contributed by atoms with E-state index >= 15 is 0 Å². The Morgan fingerprint density at radius 1 is 1.16 bits per heavy atom. The van der Waals surface area contributed by atoms with E-state index in [1.807, 2.05) is 24.3 Å². The largest absolute Gasteiger partial charge is 0.379 e. The number of amides is 1. The molecule has 0 aromatic heterocycles. The van der Waals surface area contributed by atoms with E-state index in [0.717, 1.165) is 29.7 Å². The van der Waals surface area contributed by atoms with Crippen LogP contribution in [0.2, 0.25) is 5.02 Å². The fourth-order valence-electron chi connectivity index (χ4n) is 4.41. The van der Waals surface area contributed by atoms with Gasteiger partial charge in [-0.15, -0.1) is 0 Å². The molecular weight excluding hydrogens is 450 g/mol. The molecule has 1 saturated heterocycles. The first kappa shape index (κ1) is 23.2. The molecule has 1 N–H and O–H groups in total. The van der Waals surface area contributed by atoms with E-state index in [2.05, 4.69) is 9.62 Å². The summed E-state index contributed by atoms with van der Waals surface area (Å²) in [7, 11) is -3.74. The third-order valence-electron chi connectivity index (χ3n) is 6.08. The predicted octanol–water partition coefficient (Wildman–Crippen LogP) is 2.99. The van der Waals surface area contributed by atoms with Crippen LogP contribution in [-0.4, -0.2) is 58.6 Å². The number of nitrogens with zero attached hydrogens (tertiary/aromatic N) is 2. The Balaban J connectivity index is 1.56. The number of aryl methyl sites for hydroxylation is 1. The van der Waals surface area contributed by atoms with Gasteiger partial charge in [0.25, 0.3) is 0 Å². The van der Waals surface area contributed by atoms with Gasteiger partial charge in [-0.2, -0.15) is 0 Å². The third-order valence-corrected chi connectivity index (χ3v) is 7.84. The molecule has 0 radical (unpaired) electrons. The van der Waals surface area contributed by atoms with Crippen LogP contribution in [-0.2, 0) is 26.0 Å². The lowest BCUT2D eigenvalue weighted by atomic mass is 10.0. The van der Waals surface area contributed by atoms with Gasteiger partial charge in [-0.25, -0.2) is 13.1 Å². The molecular formula is C23H28ClN3O4S. The van der Waals surface area contributed by atoms with Crippen LogP contribution in [0.5, 0.6) is 0 Å². The van der Waals surface area contributed by atoms with Crippen molar-refractivity contribution in [2.24, 2.45) is 0 Å². The summed E-state index contributed by atoms with van der Waals surface area (Å²) < 4.78 is 34.6. The molecule has 0 saturated carbocycles. The van der Waals surface area contributed by atoms with Gasteiger partial charge in [0.1, 0.15) is 0 Å². The van der Waals surface area contributed by atoms with Crippen molar-refractivity contribution in [3.63, 3.8) is 0 Å². The molecule has 9 heteroatoms. The molecule has 2 aromatic carbocycles. The number of rotatable bonds is 6. The topological polar surface area (TPSA) is 79.0 Å². The summed E-state index contributed by atoms with van der Waals surface area (Å²) in [5, 5.41) is 0.612. The van der Waals surface area contributed by atoms with Gasteiger partial charge in [0.05, 0.1) is 18.1 Å². The second kappa shape index (κ2) is 9.89. The van der Waals surface area contributed by atoms with Crippen LogP contribution in [0.1, 0.15) is 30.5 Å². The molecule has 2 heterocycles. The Labute approximate surface area is 194 Å². The highest BCUT2D eigenvalue weighted by Crippen LogP contribution is 2.31. The molecule has 2 aliphatic heterocycles. The number of benzene rings is 2. The minimum atomic E-state index is -3.74. The van der Waals surface area contributed by atoms with Crippen molar-refractivity contribution in [1.29, 1.82) is 0 Å². The Kier molecular flexibility index (Phi) is 7.17. The van der Waals surface area contributed by atoms with Crippen LogP contribution in [0.4, 0.5) is 5.69 Å². The Morgan fingerprint density at radius 3 is 2.62 bits per heavy atom. The average molecular weight is 478 g/mol. The number of anilines is 1. The number of carbonyl (C=O) groups excluding carboxylic acids is 1. The van der Waals surface area contributed by atoms with Gasteiger partial charge in [-0.3, -0.25) is 9.69 Å². The molecule has 0 spiro atoms. The normalized spacial score (nSPS) is 18.2. The second-order valence-corrected chi connectivity index (χ2v) is 10.3. The SMILES string of the molecule is CC(=O)N1CCCc2cc(S(=O)(=O)NCC(c3ccccc3Cl)N3CCOCC3)ccc21. The van der Waals surface area contributed by atoms with Gasteiger partial charge in [0.2, 0.25) is 15.9 Å².